The first kappa shape index (κ1) is 12.6. The molecule has 2 atom stereocenters. The third kappa shape index (κ3) is 3.89. The molecule has 0 aromatic heterocycles. The molecular weight excluding hydrogens is 218 g/mol. The van der Waals surface area contributed by atoms with Crippen molar-refractivity contribution in [2.24, 2.45) is 0 Å². The number of ether oxygens (including phenoxy) is 2. The molecule has 2 N–H and O–H groups in total. The molecule has 0 aromatic carbocycles. The normalized spacial score (nSPS) is 26.2. The van der Waals surface area contributed by atoms with Crippen LogP contribution in [0.1, 0.15) is 13.8 Å². The van der Waals surface area contributed by atoms with Gasteiger partial charge < -0.3 is 19.9 Å². The zero-order valence-electron chi connectivity index (χ0n) is 9.15. The molecule has 15 heavy (non-hydrogen) atoms. The van der Waals surface area contributed by atoms with Gasteiger partial charge in [0.15, 0.2) is 5.79 Å². The maximum atomic E-state index is 10.6. The summed E-state index contributed by atoms with van der Waals surface area (Å²) in [7, 11) is 0. The van der Waals surface area contributed by atoms with Crippen LogP contribution in [-0.2, 0) is 9.47 Å². The van der Waals surface area contributed by atoms with E-state index in [4.69, 9.17) is 14.6 Å². The van der Waals surface area contributed by atoms with Crippen LogP contribution in [0.3, 0.4) is 0 Å². The van der Waals surface area contributed by atoms with Crippen LogP contribution in [0.15, 0.2) is 0 Å². The summed E-state index contributed by atoms with van der Waals surface area (Å²) < 4.78 is 11.0. The zero-order valence-corrected chi connectivity index (χ0v) is 9.97. The van der Waals surface area contributed by atoms with E-state index in [1.54, 1.807) is 11.8 Å². The molecule has 0 radical (unpaired) electrons. The van der Waals surface area contributed by atoms with E-state index in [0.717, 1.165) is 0 Å². The summed E-state index contributed by atoms with van der Waals surface area (Å²) >= 11 is 1.58. The Morgan fingerprint density at radius 1 is 1.73 bits per heavy atom. The summed E-state index contributed by atoms with van der Waals surface area (Å²) in [5, 5.41) is 11.1. The van der Waals surface area contributed by atoms with Crippen LogP contribution in [0.25, 0.3) is 0 Å². The van der Waals surface area contributed by atoms with Gasteiger partial charge in [-0.3, -0.25) is 0 Å². The second kappa shape index (κ2) is 5.05. The number of nitrogens with one attached hydrogen (secondary N) is 1. The fourth-order valence-electron chi connectivity index (χ4n) is 1.49. The van der Waals surface area contributed by atoms with Gasteiger partial charge in [0.2, 0.25) is 0 Å². The highest BCUT2D eigenvalue weighted by Gasteiger charge is 2.37. The van der Waals surface area contributed by atoms with Gasteiger partial charge in [0.25, 0.3) is 0 Å². The topological polar surface area (TPSA) is 67.8 Å². The van der Waals surface area contributed by atoms with Gasteiger partial charge in [0, 0.05) is 5.75 Å². The first-order chi connectivity index (χ1) is 6.94. The van der Waals surface area contributed by atoms with Crippen molar-refractivity contribution in [1.82, 2.24) is 5.32 Å². The predicted molar refractivity (Wildman–Crippen MR) is 58.2 cm³/mol. The van der Waals surface area contributed by atoms with E-state index in [0.29, 0.717) is 12.4 Å². The average Bonchev–Trinajstić information content (AvgIpc) is 2.44. The molecule has 0 aromatic rings. The van der Waals surface area contributed by atoms with Crippen LogP contribution in [0.4, 0.5) is 4.79 Å². The van der Waals surface area contributed by atoms with Crippen molar-refractivity contribution >= 4 is 17.9 Å². The summed E-state index contributed by atoms with van der Waals surface area (Å²) in [6.07, 6.45) is 0.697. The van der Waals surface area contributed by atoms with E-state index < -0.39 is 11.9 Å². The maximum Gasteiger partial charge on any atom is 0.404 e. The maximum absolute atomic E-state index is 10.6. The molecule has 5 nitrogen and oxygen atoms in total. The summed E-state index contributed by atoms with van der Waals surface area (Å²) in [6.45, 7) is 4.08. The molecule has 0 aliphatic carbocycles. The van der Waals surface area contributed by atoms with Crippen molar-refractivity contribution in [2.75, 3.05) is 18.6 Å². The minimum atomic E-state index is -1.03. The Balaban J connectivity index is 2.53. The lowest BCUT2D eigenvalue weighted by molar-refractivity contribution is -0.140. The van der Waals surface area contributed by atoms with Gasteiger partial charge in [-0.2, -0.15) is 11.8 Å². The molecule has 1 saturated heterocycles. The highest BCUT2D eigenvalue weighted by atomic mass is 32.2. The highest BCUT2D eigenvalue weighted by Crippen LogP contribution is 2.25. The molecule has 0 bridgehead atoms. The van der Waals surface area contributed by atoms with Gasteiger partial charge in [0.05, 0.1) is 12.6 Å². The van der Waals surface area contributed by atoms with Crippen LogP contribution in [0, 0.1) is 0 Å². The quantitative estimate of drug-likeness (QED) is 0.764. The highest BCUT2D eigenvalue weighted by molar-refractivity contribution is 7.98. The standard InChI is InChI=1S/C9H17NO4S/c1-9(2)13-4-7(14-9)6(5-15-3)10-8(11)12/h6-7,10H,4-5H2,1-3H3,(H,11,12)/t6-,7+/m0/s1. The second-order valence-corrected chi connectivity index (χ2v) is 4.79. The Morgan fingerprint density at radius 3 is 2.80 bits per heavy atom. The number of carbonyl (C=O) groups is 1. The predicted octanol–water partition coefficient (Wildman–Crippen LogP) is 1.14. The molecule has 88 valence electrons. The lowest BCUT2D eigenvalue weighted by atomic mass is 10.2. The van der Waals surface area contributed by atoms with Gasteiger partial charge in [0.1, 0.15) is 6.10 Å². The summed E-state index contributed by atoms with van der Waals surface area (Å²) in [5.74, 6) is 0.0674. The molecular formula is C9H17NO4S. The minimum Gasteiger partial charge on any atom is -0.465 e. The molecule has 1 heterocycles. The van der Waals surface area contributed by atoms with Gasteiger partial charge >= 0.3 is 6.09 Å². The summed E-state index contributed by atoms with van der Waals surface area (Å²) in [4.78, 5) is 10.6. The number of hydrogen-bond acceptors (Lipinski definition) is 4. The SMILES string of the molecule is CSC[C@H](NC(=O)O)[C@H]1COC(C)(C)O1. The van der Waals surface area contributed by atoms with E-state index >= 15 is 0 Å². The van der Waals surface area contributed by atoms with Crippen LogP contribution in [-0.4, -0.2) is 47.7 Å². The van der Waals surface area contributed by atoms with Gasteiger partial charge in [-0.15, -0.1) is 0 Å². The minimum absolute atomic E-state index is 0.205. The summed E-state index contributed by atoms with van der Waals surface area (Å²) in [5.41, 5.74) is 0. The second-order valence-electron chi connectivity index (χ2n) is 3.88. The average molecular weight is 235 g/mol. The number of amides is 1. The van der Waals surface area contributed by atoms with Crippen molar-refractivity contribution in [3.8, 4) is 0 Å². The van der Waals surface area contributed by atoms with Crippen LogP contribution < -0.4 is 5.32 Å². The van der Waals surface area contributed by atoms with Gasteiger partial charge in [-0.1, -0.05) is 0 Å². The Morgan fingerprint density at radius 2 is 2.40 bits per heavy atom. The summed E-state index contributed by atoms with van der Waals surface area (Å²) in [6, 6.07) is -0.223. The molecule has 1 rings (SSSR count). The largest absolute Gasteiger partial charge is 0.465 e. The molecule has 6 heteroatoms. The van der Waals surface area contributed by atoms with Gasteiger partial charge in [-0.25, -0.2) is 4.79 Å². The Kier molecular flexibility index (Phi) is 4.24. The number of hydrogen-bond donors (Lipinski definition) is 2. The number of rotatable bonds is 4. The van der Waals surface area contributed by atoms with Crippen LogP contribution in [0.5, 0.6) is 0 Å². The first-order valence-corrected chi connectivity index (χ1v) is 6.14. The lowest BCUT2D eigenvalue weighted by Crippen LogP contribution is -2.46. The van der Waals surface area contributed by atoms with E-state index in [2.05, 4.69) is 5.32 Å². The Bertz CT molecular complexity index is 234. The molecule has 0 unspecified atom stereocenters. The smallest absolute Gasteiger partial charge is 0.404 e. The fourth-order valence-corrected chi connectivity index (χ4v) is 2.15. The molecule has 1 amide bonds. The van der Waals surface area contributed by atoms with Crippen molar-refractivity contribution in [1.29, 1.82) is 0 Å². The third-order valence-corrected chi connectivity index (χ3v) is 2.83. The zero-order chi connectivity index (χ0) is 11.5. The monoisotopic (exact) mass is 235 g/mol. The van der Waals surface area contributed by atoms with Crippen molar-refractivity contribution in [3.05, 3.63) is 0 Å². The van der Waals surface area contributed by atoms with E-state index in [1.807, 2.05) is 20.1 Å². The number of thioether (sulfide) groups is 1. The van der Waals surface area contributed by atoms with Gasteiger partial charge in [-0.05, 0) is 20.1 Å². The van der Waals surface area contributed by atoms with E-state index in [-0.39, 0.29) is 12.1 Å². The molecule has 0 saturated carbocycles. The van der Waals surface area contributed by atoms with Crippen LogP contribution >= 0.6 is 11.8 Å². The van der Waals surface area contributed by atoms with Crippen molar-refractivity contribution in [3.63, 3.8) is 0 Å². The van der Waals surface area contributed by atoms with Crippen LogP contribution in [0.2, 0.25) is 0 Å². The Labute approximate surface area is 93.5 Å². The molecule has 1 fully saturated rings. The lowest BCUT2D eigenvalue weighted by Gasteiger charge is -2.23. The molecule has 0 spiro atoms. The van der Waals surface area contributed by atoms with Crippen molar-refractivity contribution < 1.29 is 19.4 Å². The molecule has 1 aliphatic heterocycles. The van der Waals surface area contributed by atoms with E-state index in [1.165, 1.54) is 0 Å². The van der Waals surface area contributed by atoms with E-state index in [9.17, 15) is 4.79 Å². The first-order valence-electron chi connectivity index (χ1n) is 4.75. The fraction of sp³-hybridized carbons (Fsp3) is 0.889. The Hall–Kier alpha value is -0.460. The van der Waals surface area contributed by atoms with Crippen molar-refractivity contribution in [2.45, 2.75) is 31.8 Å². The molecule has 1 aliphatic rings. The number of carboxylic acid groups (broad SMARTS) is 1. The third-order valence-electron chi connectivity index (χ3n) is 2.13.